The van der Waals surface area contributed by atoms with Gasteiger partial charge in [0.2, 0.25) is 5.13 Å². The number of hydrogen-bond acceptors (Lipinski definition) is 10. The van der Waals surface area contributed by atoms with Crippen LogP contribution in [0.2, 0.25) is 10.0 Å². The average Bonchev–Trinajstić information content (AvgIpc) is 3.66. The Morgan fingerprint density at radius 2 is 1.93 bits per heavy atom. The molecule has 0 spiro atoms. The zero-order chi connectivity index (χ0) is 30.4. The predicted octanol–water partition coefficient (Wildman–Crippen LogP) is 6.63. The molecule has 1 aliphatic heterocycles. The number of benzene rings is 2. The Hall–Kier alpha value is -4.30. The van der Waals surface area contributed by atoms with E-state index in [-0.39, 0.29) is 27.6 Å². The number of fused-ring (bicyclic) bond motifs is 1. The van der Waals surface area contributed by atoms with Crippen molar-refractivity contribution in [1.82, 2.24) is 19.6 Å². The fraction of sp³-hybridized carbons (Fsp3) is 0.107. The van der Waals surface area contributed by atoms with Crippen LogP contribution >= 0.6 is 46.3 Å². The maximum atomic E-state index is 13.6. The van der Waals surface area contributed by atoms with Crippen molar-refractivity contribution in [2.45, 2.75) is 23.1 Å². The molecule has 15 heteroatoms. The van der Waals surface area contributed by atoms with Crippen molar-refractivity contribution in [2.75, 3.05) is 4.90 Å². The summed E-state index contributed by atoms with van der Waals surface area (Å²) in [4.78, 5) is 43.8. The first-order valence-corrected chi connectivity index (χ1v) is 15.1. The summed E-state index contributed by atoms with van der Waals surface area (Å²) in [5.74, 6) is -1.97. The average molecular weight is 654 g/mol. The first-order chi connectivity index (χ1) is 20.6. The quantitative estimate of drug-likeness (QED) is 0.0389. The molecule has 0 bridgehead atoms. The lowest BCUT2D eigenvalue weighted by atomic mass is 9.96. The Bertz CT molecular complexity index is 1990. The van der Waals surface area contributed by atoms with Gasteiger partial charge >= 0.3 is 5.91 Å². The molecule has 2 aromatic carbocycles. The summed E-state index contributed by atoms with van der Waals surface area (Å²) in [5.41, 5.74) is 1.71. The number of aliphatic hydroxyl groups excluding tert-OH is 1. The van der Waals surface area contributed by atoms with E-state index in [1.165, 1.54) is 30.0 Å². The Kier molecular flexibility index (Phi) is 7.65. The molecule has 1 aliphatic rings. The van der Waals surface area contributed by atoms with E-state index in [9.17, 15) is 24.8 Å². The molecule has 1 unspecified atom stereocenters. The lowest BCUT2D eigenvalue weighted by Crippen LogP contribution is -2.29. The number of thioether (sulfide) groups is 1. The molecule has 1 atom stereocenters. The van der Waals surface area contributed by atoms with Gasteiger partial charge in [0.15, 0.2) is 10.1 Å². The van der Waals surface area contributed by atoms with E-state index in [1.54, 1.807) is 60.0 Å². The van der Waals surface area contributed by atoms with Crippen LogP contribution in [0.5, 0.6) is 0 Å². The van der Waals surface area contributed by atoms with Crippen molar-refractivity contribution in [3.8, 4) is 0 Å². The molecule has 1 fully saturated rings. The number of aromatic nitrogens is 4. The summed E-state index contributed by atoms with van der Waals surface area (Å²) in [7, 11) is 0. The van der Waals surface area contributed by atoms with Crippen LogP contribution in [-0.2, 0) is 15.3 Å². The van der Waals surface area contributed by atoms with Gasteiger partial charge in [-0.2, -0.15) is 0 Å². The van der Waals surface area contributed by atoms with E-state index in [1.807, 2.05) is 0 Å². The van der Waals surface area contributed by atoms with Gasteiger partial charge in [0.05, 0.1) is 22.2 Å². The Morgan fingerprint density at radius 3 is 2.70 bits per heavy atom. The number of non-ortho nitro benzene ring substituents is 1. The summed E-state index contributed by atoms with van der Waals surface area (Å²) in [6.07, 6.45) is 1.67. The van der Waals surface area contributed by atoms with Crippen molar-refractivity contribution in [3.63, 3.8) is 0 Å². The Balaban J connectivity index is 1.45. The lowest BCUT2D eigenvalue weighted by Gasteiger charge is -2.22. The number of pyridine rings is 1. The summed E-state index contributed by atoms with van der Waals surface area (Å²) in [6.45, 7) is 1.67. The second-order valence-corrected chi connectivity index (χ2v) is 12.4. The van der Waals surface area contributed by atoms with Crippen LogP contribution in [0.4, 0.5) is 10.8 Å². The predicted molar refractivity (Wildman–Crippen MR) is 164 cm³/mol. The highest BCUT2D eigenvalue weighted by Crippen LogP contribution is 2.45. The Morgan fingerprint density at radius 1 is 1.12 bits per heavy atom. The van der Waals surface area contributed by atoms with Gasteiger partial charge in [0, 0.05) is 34.1 Å². The van der Waals surface area contributed by atoms with Crippen LogP contribution in [0.1, 0.15) is 28.6 Å². The highest BCUT2D eigenvalue weighted by molar-refractivity contribution is 8.00. The number of Topliss-reactive ketones (excluding diaryl/α,β-unsaturated/α-hetero) is 1. The molecule has 0 aliphatic carbocycles. The standard InChI is InChI=1S/C28H18Cl2N6O5S2/c1-14-22(34-10-3-2-7-20(34)31-14)24(37)21-23(15-5-4-6-18(11-15)36(40)41)35(26(39)25(21)38)27-32-33-28(43-27)42-13-16-8-9-17(29)12-19(16)30/h2-12,23,37H,13H2,1H3/b24-21+. The number of aliphatic hydroxyl groups is 1. The molecule has 0 radical (unpaired) electrons. The monoisotopic (exact) mass is 652 g/mol. The zero-order valence-electron chi connectivity index (χ0n) is 22.0. The van der Waals surface area contributed by atoms with Crippen LogP contribution in [0.15, 0.2) is 76.8 Å². The molecule has 11 nitrogen and oxygen atoms in total. The van der Waals surface area contributed by atoms with Crippen molar-refractivity contribution in [1.29, 1.82) is 0 Å². The summed E-state index contributed by atoms with van der Waals surface area (Å²) in [6, 6.07) is 14.7. The minimum Gasteiger partial charge on any atom is -0.505 e. The van der Waals surface area contributed by atoms with Crippen molar-refractivity contribution in [3.05, 3.63) is 115 Å². The topological polar surface area (TPSA) is 144 Å². The number of amides is 1. The molecule has 3 aromatic heterocycles. The number of carbonyl (C=O) groups excluding carboxylic acids is 2. The number of hydrogen-bond donors (Lipinski definition) is 1. The molecule has 1 N–H and O–H groups in total. The van der Waals surface area contributed by atoms with E-state index in [2.05, 4.69) is 15.2 Å². The smallest absolute Gasteiger partial charge is 0.301 e. The first-order valence-electron chi connectivity index (χ1n) is 12.5. The minimum absolute atomic E-state index is 0.0808. The molecule has 4 heterocycles. The molecule has 5 aromatic rings. The lowest BCUT2D eigenvalue weighted by molar-refractivity contribution is -0.384. The highest BCUT2D eigenvalue weighted by atomic mass is 35.5. The highest BCUT2D eigenvalue weighted by Gasteiger charge is 2.49. The summed E-state index contributed by atoms with van der Waals surface area (Å²) >= 11 is 14.7. The minimum atomic E-state index is -1.23. The van der Waals surface area contributed by atoms with E-state index in [4.69, 9.17) is 23.2 Å². The van der Waals surface area contributed by atoms with Crippen LogP contribution in [0.3, 0.4) is 0 Å². The summed E-state index contributed by atoms with van der Waals surface area (Å²) in [5, 5.41) is 32.7. The third-order valence-electron chi connectivity index (χ3n) is 6.74. The number of ketones is 1. The number of carbonyl (C=O) groups is 2. The SMILES string of the molecule is Cc1nc2ccccn2c1/C(O)=C1\C(=O)C(=O)N(c2nnc(SCc3ccc(Cl)cc3Cl)s2)C1c1cccc([N+](=O)[O-])c1. The van der Waals surface area contributed by atoms with Gasteiger partial charge in [-0.3, -0.25) is 29.0 Å². The maximum absolute atomic E-state index is 13.6. The largest absolute Gasteiger partial charge is 0.505 e. The number of rotatable bonds is 7. The van der Waals surface area contributed by atoms with E-state index >= 15 is 0 Å². The second-order valence-electron chi connectivity index (χ2n) is 9.37. The van der Waals surface area contributed by atoms with Crippen LogP contribution in [-0.4, -0.2) is 41.3 Å². The fourth-order valence-electron chi connectivity index (χ4n) is 4.82. The number of nitrogens with zero attached hydrogens (tertiary/aromatic N) is 6. The van der Waals surface area contributed by atoms with Crippen molar-refractivity contribution >= 4 is 80.2 Å². The third kappa shape index (κ3) is 5.25. The van der Waals surface area contributed by atoms with Gasteiger partial charge in [-0.1, -0.05) is 70.6 Å². The van der Waals surface area contributed by atoms with Gasteiger partial charge in [-0.05, 0) is 42.3 Å². The molecule has 216 valence electrons. The summed E-state index contributed by atoms with van der Waals surface area (Å²) < 4.78 is 2.09. The second kappa shape index (κ2) is 11.4. The Labute approximate surface area is 261 Å². The van der Waals surface area contributed by atoms with Crippen LogP contribution < -0.4 is 4.90 Å². The van der Waals surface area contributed by atoms with Gasteiger partial charge < -0.3 is 5.11 Å². The van der Waals surface area contributed by atoms with Gasteiger partial charge in [0.25, 0.3) is 11.5 Å². The van der Waals surface area contributed by atoms with Crippen LogP contribution in [0.25, 0.3) is 11.4 Å². The van der Waals surface area contributed by atoms with Crippen LogP contribution in [0, 0.1) is 17.0 Å². The van der Waals surface area contributed by atoms with E-state index in [0.717, 1.165) is 21.8 Å². The number of nitro benzene ring substituents is 1. The zero-order valence-corrected chi connectivity index (χ0v) is 25.1. The molecule has 1 amide bonds. The van der Waals surface area contributed by atoms with Gasteiger partial charge in [-0.25, -0.2) is 4.98 Å². The van der Waals surface area contributed by atoms with Crippen molar-refractivity contribution < 1.29 is 19.6 Å². The third-order valence-corrected chi connectivity index (χ3v) is 9.43. The van der Waals surface area contributed by atoms with E-state index < -0.39 is 28.4 Å². The molecule has 6 rings (SSSR count). The van der Waals surface area contributed by atoms with Gasteiger partial charge in [-0.15, -0.1) is 10.2 Å². The molecule has 1 saturated heterocycles. The fourth-order valence-corrected chi connectivity index (χ4v) is 7.24. The van der Waals surface area contributed by atoms with E-state index in [0.29, 0.717) is 31.5 Å². The first kappa shape index (κ1) is 28.8. The number of anilines is 1. The molecular weight excluding hydrogens is 635 g/mol. The normalized spacial score (nSPS) is 16.3. The van der Waals surface area contributed by atoms with Gasteiger partial charge in [0.1, 0.15) is 11.3 Å². The number of halogens is 2. The number of imidazole rings is 1. The number of aryl methyl sites for hydroxylation is 1. The number of nitro groups is 1. The maximum Gasteiger partial charge on any atom is 0.301 e. The molecule has 43 heavy (non-hydrogen) atoms. The molecular formula is C28H18Cl2N6O5S2. The molecule has 0 saturated carbocycles. The van der Waals surface area contributed by atoms with Crippen molar-refractivity contribution in [2.24, 2.45) is 0 Å².